The molecule has 0 bridgehead atoms. The molecule has 0 spiro atoms. The SMILES string of the molecule is O=C(Nc1ccc(F)cc1)c1nnc(CNS(=O)(=O)c2ccc(F)c(Cl)c2)s1. The monoisotopic (exact) mass is 444 g/mol. The summed E-state index contributed by atoms with van der Waals surface area (Å²) in [7, 11) is -3.96. The summed E-state index contributed by atoms with van der Waals surface area (Å²) in [6.07, 6.45) is 0. The van der Waals surface area contributed by atoms with Gasteiger partial charge in [-0.2, -0.15) is 0 Å². The van der Waals surface area contributed by atoms with Crippen molar-refractivity contribution in [2.75, 3.05) is 5.32 Å². The molecule has 1 aromatic heterocycles. The summed E-state index contributed by atoms with van der Waals surface area (Å²) in [5, 5.41) is 9.90. The van der Waals surface area contributed by atoms with Gasteiger partial charge in [-0.3, -0.25) is 4.79 Å². The highest BCUT2D eigenvalue weighted by Crippen LogP contribution is 2.20. The third-order valence-corrected chi connectivity index (χ3v) is 5.99. The zero-order valence-electron chi connectivity index (χ0n) is 13.8. The van der Waals surface area contributed by atoms with E-state index in [1.807, 2.05) is 0 Å². The van der Waals surface area contributed by atoms with Gasteiger partial charge in [0.1, 0.15) is 16.6 Å². The van der Waals surface area contributed by atoms with Crippen molar-refractivity contribution in [3.8, 4) is 0 Å². The maximum Gasteiger partial charge on any atom is 0.286 e. The number of benzene rings is 2. The minimum atomic E-state index is -3.96. The van der Waals surface area contributed by atoms with E-state index in [0.29, 0.717) is 5.69 Å². The molecule has 0 aliphatic heterocycles. The zero-order valence-corrected chi connectivity index (χ0v) is 16.2. The van der Waals surface area contributed by atoms with Gasteiger partial charge in [0.05, 0.1) is 16.5 Å². The molecule has 2 N–H and O–H groups in total. The number of sulfonamides is 1. The maximum absolute atomic E-state index is 13.2. The predicted octanol–water partition coefficient (Wildman–Crippen LogP) is 3.20. The molecule has 0 saturated carbocycles. The minimum Gasteiger partial charge on any atom is -0.320 e. The summed E-state index contributed by atoms with van der Waals surface area (Å²) < 4.78 is 52.8. The molecule has 1 amide bonds. The highest BCUT2D eigenvalue weighted by molar-refractivity contribution is 7.89. The maximum atomic E-state index is 13.2. The molecule has 0 aliphatic carbocycles. The second kappa shape index (κ2) is 8.27. The molecule has 7 nitrogen and oxygen atoms in total. The summed E-state index contributed by atoms with van der Waals surface area (Å²) in [4.78, 5) is 11.9. The van der Waals surface area contributed by atoms with Gasteiger partial charge in [0.25, 0.3) is 5.91 Å². The fraction of sp³-hybridized carbons (Fsp3) is 0.0625. The number of nitrogens with one attached hydrogen (secondary N) is 2. The number of nitrogens with zero attached hydrogens (tertiary/aromatic N) is 2. The van der Waals surface area contributed by atoms with Crippen molar-refractivity contribution in [3.63, 3.8) is 0 Å². The summed E-state index contributed by atoms with van der Waals surface area (Å²) in [6, 6.07) is 8.16. The number of halogens is 3. The van der Waals surface area contributed by atoms with E-state index in [2.05, 4.69) is 20.2 Å². The minimum absolute atomic E-state index is 0.00310. The highest BCUT2D eigenvalue weighted by atomic mass is 35.5. The van der Waals surface area contributed by atoms with Gasteiger partial charge >= 0.3 is 0 Å². The molecular weight excluding hydrogens is 434 g/mol. The average molecular weight is 445 g/mol. The number of anilines is 1. The summed E-state index contributed by atoms with van der Waals surface area (Å²) in [5.74, 6) is -1.74. The zero-order chi connectivity index (χ0) is 20.3. The molecule has 3 rings (SSSR count). The van der Waals surface area contributed by atoms with Crippen LogP contribution in [-0.2, 0) is 16.6 Å². The van der Waals surface area contributed by atoms with Crippen LogP contribution in [0.5, 0.6) is 0 Å². The Morgan fingerprint density at radius 2 is 1.82 bits per heavy atom. The van der Waals surface area contributed by atoms with E-state index in [9.17, 15) is 22.0 Å². The van der Waals surface area contributed by atoms with E-state index < -0.39 is 27.6 Å². The van der Waals surface area contributed by atoms with Gasteiger partial charge in [0, 0.05) is 5.69 Å². The summed E-state index contributed by atoms with van der Waals surface area (Å²) >= 11 is 6.48. The quantitative estimate of drug-likeness (QED) is 0.608. The van der Waals surface area contributed by atoms with E-state index in [4.69, 9.17) is 11.6 Å². The Balaban J connectivity index is 1.64. The standard InChI is InChI=1S/C16H11ClF2N4O3S2/c17-12-7-11(5-6-13(12)19)28(25,26)20-8-14-22-23-16(27-14)15(24)21-10-3-1-9(18)2-4-10/h1-7,20H,8H2,(H,21,24). The molecular formula is C16H11ClF2N4O3S2. The predicted molar refractivity (Wildman–Crippen MR) is 99.7 cm³/mol. The Hall–Kier alpha value is -2.47. The lowest BCUT2D eigenvalue weighted by Crippen LogP contribution is -2.23. The molecule has 0 atom stereocenters. The van der Waals surface area contributed by atoms with Gasteiger partial charge in [-0.05, 0) is 42.5 Å². The molecule has 0 aliphatic rings. The number of hydrogen-bond donors (Lipinski definition) is 2. The number of carbonyl (C=O) groups excluding carboxylic acids is 1. The van der Waals surface area contributed by atoms with Crippen molar-refractivity contribution >= 4 is 44.6 Å². The van der Waals surface area contributed by atoms with E-state index in [1.165, 1.54) is 24.3 Å². The molecule has 12 heteroatoms. The van der Waals surface area contributed by atoms with Gasteiger partial charge in [-0.15, -0.1) is 10.2 Å². The second-order valence-corrected chi connectivity index (χ2v) is 8.60. The van der Waals surface area contributed by atoms with Crippen LogP contribution < -0.4 is 10.0 Å². The van der Waals surface area contributed by atoms with E-state index in [-0.39, 0.29) is 26.5 Å². The fourth-order valence-corrected chi connectivity index (χ4v) is 4.04. The van der Waals surface area contributed by atoms with Gasteiger partial charge in [-0.1, -0.05) is 22.9 Å². The Labute approximate surface area is 167 Å². The Morgan fingerprint density at radius 3 is 2.50 bits per heavy atom. The first kappa shape index (κ1) is 20.3. The number of hydrogen-bond acceptors (Lipinski definition) is 6. The number of amides is 1. The van der Waals surface area contributed by atoms with Crippen LogP contribution in [0.3, 0.4) is 0 Å². The highest BCUT2D eigenvalue weighted by Gasteiger charge is 2.18. The molecule has 0 unspecified atom stereocenters. The first-order valence-electron chi connectivity index (χ1n) is 7.58. The van der Waals surface area contributed by atoms with Crippen molar-refractivity contribution in [1.82, 2.24) is 14.9 Å². The Bertz CT molecular complexity index is 1120. The first-order valence-corrected chi connectivity index (χ1v) is 10.3. The van der Waals surface area contributed by atoms with Crippen LogP contribution in [0.4, 0.5) is 14.5 Å². The second-order valence-electron chi connectivity index (χ2n) is 5.36. The smallest absolute Gasteiger partial charge is 0.286 e. The van der Waals surface area contributed by atoms with Crippen molar-refractivity contribution in [2.45, 2.75) is 11.4 Å². The lowest BCUT2D eigenvalue weighted by atomic mass is 10.3. The van der Waals surface area contributed by atoms with Crippen molar-refractivity contribution in [1.29, 1.82) is 0 Å². The lowest BCUT2D eigenvalue weighted by molar-refractivity contribution is 0.102. The Kier molecular flexibility index (Phi) is 5.98. The lowest BCUT2D eigenvalue weighted by Gasteiger charge is -2.05. The van der Waals surface area contributed by atoms with Crippen LogP contribution in [0.1, 0.15) is 14.8 Å². The third kappa shape index (κ3) is 4.87. The Morgan fingerprint density at radius 1 is 1.11 bits per heavy atom. The van der Waals surface area contributed by atoms with Gasteiger partial charge in [0.15, 0.2) is 0 Å². The number of rotatable bonds is 6. The van der Waals surface area contributed by atoms with Crippen LogP contribution in [0.25, 0.3) is 0 Å². The van der Waals surface area contributed by atoms with E-state index in [1.54, 1.807) is 0 Å². The van der Waals surface area contributed by atoms with Gasteiger partial charge < -0.3 is 5.32 Å². The van der Waals surface area contributed by atoms with Gasteiger partial charge in [-0.25, -0.2) is 21.9 Å². The van der Waals surface area contributed by atoms with Gasteiger partial charge in [0.2, 0.25) is 15.0 Å². The molecule has 1 heterocycles. The van der Waals surface area contributed by atoms with Crippen molar-refractivity contribution in [3.05, 3.63) is 69.1 Å². The summed E-state index contributed by atoms with van der Waals surface area (Å²) in [6.45, 7) is -0.223. The fourth-order valence-electron chi connectivity index (χ4n) is 2.02. The molecule has 0 fully saturated rings. The molecule has 28 heavy (non-hydrogen) atoms. The first-order chi connectivity index (χ1) is 13.2. The molecule has 146 valence electrons. The van der Waals surface area contributed by atoms with E-state index >= 15 is 0 Å². The van der Waals surface area contributed by atoms with Crippen LogP contribution in [0, 0.1) is 11.6 Å². The molecule has 2 aromatic carbocycles. The van der Waals surface area contributed by atoms with E-state index in [0.717, 1.165) is 29.5 Å². The van der Waals surface area contributed by atoms with Crippen molar-refractivity contribution < 1.29 is 22.0 Å². The van der Waals surface area contributed by atoms with Crippen LogP contribution in [-0.4, -0.2) is 24.5 Å². The normalized spacial score (nSPS) is 11.4. The van der Waals surface area contributed by atoms with Crippen LogP contribution in [0.15, 0.2) is 47.4 Å². The summed E-state index contributed by atoms with van der Waals surface area (Å²) in [5.41, 5.74) is 0.372. The van der Waals surface area contributed by atoms with Crippen molar-refractivity contribution in [2.24, 2.45) is 0 Å². The largest absolute Gasteiger partial charge is 0.320 e. The average Bonchev–Trinajstić information content (AvgIpc) is 3.13. The third-order valence-electron chi connectivity index (χ3n) is 3.38. The molecule has 0 saturated heterocycles. The number of carbonyl (C=O) groups is 1. The number of aromatic nitrogens is 2. The van der Waals surface area contributed by atoms with Crippen LogP contribution >= 0.6 is 22.9 Å². The molecule has 3 aromatic rings. The topological polar surface area (TPSA) is 101 Å². The van der Waals surface area contributed by atoms with Crippen LogP contribution in [0.2, 0.25) is 5.02 Å². The molecule has 0 radical (unpaired) electrons.